The smallest absolute Gasteiger partial charge is 0.329 e. The molecular formula is C17H17N3O2. The molecule has 2 aliphatic rings. The van der Waals surface area contributed by atoms with Gasteiger partial charge in [0.25, 0.3) is 0 Å². The van der Waals surface area contributed by atoms with E-state index in [0.29, 0.717) is 13.2 Å². The Bertz CT molecular complexity index is 744. The molecule has 0 saturated carbocycles. The van der Waals surface area contributed by atoms with Crippen molar-refractivity contribution in [2.45, 2.75) is 18.9 Å². The summed E-state index contributed by atoms with van der Waals surface area (Å²) in [5.74, 6) is 0.675. The Hall–Kier alpha value is -2.56. The Kier molecular flexibility index (Phi) is 2.99. The van der Waals surface area contributed by atoms with E-state index in [1.54, 1.807) is 0 Å². The lowest BCUT2D eigenvalue weighted by molar-refractivity contribution is -0.144. The molecule has 0 amide bonds. The molecule has 0 spiro atoms. The van der Waals surface area contributed by atoms with Crippen molar-refractivity contribution in [3.8, 4) is 11.1 Å². The van der Waals surface area contributed by atoms with Gasteiger partial charge in [0.1, 0.15) is 11.9 Å². The highest BCUT2D eigenvalue weighted by Gasteiger charge is 2.40. The molecular weight excluding hydrogens is 278 g/mol. The number of nitrogens with one attached hydrogen (secondary N) is 2. The number of para-hydroxylation sites is 1. The van der Waals surface area contributed by atoms with E-state index < -0.39 is 6.04 Å². The third kappa shape index (κ3) is 1.85. The molecule has 0 saturated heterocycles. The second-order valence-electron chi connectivity index (χ2n) is 5.53. The molecule has 2 N–H and O–H groups in total. The number of anilines is 2. The highest BCUT2D eigenvalue weighted by molar-refractivity contribution is 5.91. The molecule has 0 bridgehead atoms. The van der Waals surface area contributed by atoms with Gasteiger partial charge in [-0.15, -0.1) is 0 Å². The largest absolute Gasteiger partial charge is 0.464 e. The van der Waals surface area contributed by atoms with E-state index in [9.17, 15) is 4.79 Å². The van der Waals surface area contributed by atoms with Crippen LogP contribution < -0.4 is 10.6 Å². The van der Waals surface area contributed by atoms with E-state index in [2.05, 4.69) is 21.7 Å². The van der Waals surface area contributed by atoms with Crippen molar-refractivity contribution in [2.75, 3.05) is 23.8 Å². The highest BCUT2D eigenvalue weighted by Crippen LogP contribution is 2.45. The van der Waals surface area contributed by atoms with Crippen LogP contribution in [0.3, 0.4) is 0 Å². The molecule has 1 aromatic carbocycles. The molecule has 0 fully saturated rings. The lowest BCUT2D eigenvalue weighted by Crippen LogP contribution is -2.37. The number of ether oxygens (including phenoxy) is 1. The SMILES string of the molecule is CCOC(=O)C1Nc2ccccc2-c2ccnc3c2C1CN3. The number of fused-ring (bicyclic) bond motifs is 2. The molecule has 2 aromatic rings. The van der Waals surface area contributed by atoms with Crippen molar-refractivity contribution in [2.24, 2.45) is 0 Å². The molecule has 3 heterocycles. The average molecular weight is 295 g/mol. The Labute approximate surface area is 128 Å². The number of pyridine rings is 1. The molecule has 5 heteroatoms. The van der Waals surface area contributed by atoms with E-state index in [1.807, 2.05) is 37.4 Å². The van der Waals surface area contributed by atoms with E-state index in [-0.39, 0.29) is 11.9 Å². The van der Waals surface area contributed by atoms with Gasteiger partial charge in [-0.25, -0.2) is 9.78 Å². The number of rotatable bonds is 2. The summed E-state index contributed by atoms with van der Waals surface area (Å²) in [4.78, 5) is 16.8. The van der Waals surface area contributed by atoms with Crippen LogP contribution in [-0.4, -0.2) is 30.1 Å². The van der Waals surface area contributed by atoms with Gasteiger partial charge < -0.3 is 15.4 Å². The number of aromatic nitrogens is 1. The van der Waals surface area contributed by atoms with Crippen LogP contribution in [0.15, 0.2) is 36.5 Å². The van der Waals surface area contributed by atoms with Crippen molar-refractivity contribution in [1.82, 2.24) is 4.98 Å². The summed E-state index contributed by atoms with van der Waals surface area (Å²) < 4.78 is 5.27. The molecule has 0 radical (unpaired) electrons. The minimum absolute atomic E-state index is 0.0187. The number of benzene rings is 1. The quantitative estimate of drug-likeness (QED) is 0.834. The van der Waals surface area contributed by atoms with Gasteiger partial charge in [0.2, 0.25) is 0 Å². The number of carbonyl (C=O) groups is 1. The first kappa shape index (κ1) is 13.1. The summed E-state index contributed by atoms with van der Waals surface area (Å²) in [5.41, 5.74) is 4.30. The van der Waals surface area contributed by atoms with Crippen LogP contribution in [0.1, 0.15) is 18.4 Å². The predicted octanol–water partition coefficient (Wildman–Crippen LogP) is 2.61. The minimum Gasteiger partial charge on any atom is -0.464 e. The number of carbonyl (C=O) groups excluding carboxylic acids is 1. The van der Waals surface area contributed by atoms with E-state index >= 15 is 0 Å². The maximum atomic E-state index is 12.4. The van der Waals surface area contributed by atoms with Crippen molar-refractivity contribution in [3.63, 3.8) is 0 Å². The Morgan fingerprint density at radius 2 is 2.18 bits per heavy atom. The Morgan fingerprint density at radius 3 is 3.05 bits per heavy atom. The van der Waals surface area contributed by atoms with Crippen molar-refractivity contribution < 1.29 is 9.53 Å². The zero-order valence-electron chi connectivity index (χ0n) is 12.3. The van der Waals surface area contributed by atoms with E-state index in [0.717, 1.165) is 28.2 Å². The first-order chi connectivity index (χ1) is 10.8. The van der Waals surface area contributed by atoms with Crippen LogP contribution in [0, 0.1) is 0 Å². The minimum atomic E-state index is -0.403. The fourth-order valence-electron chi connectivity index (χ4n) is 3.38. The lowest BCUT2D eigenvalue weighted by Gasteiger charge is -2.22. The maximum Gasteiger partial charge on any atom is 0.329 e. The number of hydrogen-bond acceptors (Lipinski definition) is 5. The zero-order valence-corrected chi connectivity index (χ0v) is 12.3. The number of hydrogen-bond donors (Lipinski definition) is 2. The van der Waals surface area contributed by atoms with Crippen LogP contribution in [0.5, 0.6) is 0 Å². The fourth-order valence-corrected chi connectivity index (χ4v) is 3.38. The van der Waals surface area contributed by atoms with E-state index in [4.69, 9.17) is 4.74 Å². The fraction of sp³-hybridized carbons (Fsp3) is 0.294. The van der Waals surface area contributed by atoms with Gasteiger partial charge in [0.15, 0.2) is 0 Å². The topological polar surface area (TPSA) is 63.2 Å². The van der Waals surface area contributed by atoms with Gasteiger partial charge in [-0.1, -0.05) is 18.2 Å². The molecule has 0 aliphatic carbocycles. The summed E-state index contributed by atoms with van der Waals surface area (Å²) in [6.45, 7) is 2.89. The van der Waals surface area contributed by atoms with Crippen LogP contribution in [-0.2, 0) is 9.53 Å². The summed E-state index contributed by atoms with van der Waals surface area (Å²) >= 11 is 0. The number of nitrogens with zero attached hydrogens (tertiary/aromatic N) is 1. The van der Waals surface area contributed by atoms with Gasteiger partial charge in [-0.2, -0.15) is 0 Å². The standard InChI is InChI=1S/C17H17N3O2/c1-2-22-17(21)15-12-9-19-16-14(12)11(7-8-18-16)10-5-3-4-6-13(10)20-15/h3-8,12,15,20H,2,9H2,1H3,(H,18,19). The summed E-state index contributed by atoms with van der Waals surface area (Å²) in [6.07, 6.45) is 1.81. The van der Waals surface area contributed by atoms with Crippen LogP contribution in [0.2, 0.25) is 0 Å². The second kappa shape index (κ2) is 5.02. The van der Waals surface area contributed by atoms with Gasteiger partial charge in [0, 0.05) is 35.5 Å². The van der Waals surface area contributed by atoms with Gasteiger partial charge in [0.05, 0.1) is 6.61 Å². The third-order valence-electron chi connectivity index (χ3n) is 4.32. The first-order valence-electron chi connectivity index (χ1n) is 7.55. The Morgan fingerprint density at radius 1 is 1.32 bits per heavy atom. The highest BCUT2D eigenvalue weighted by atomic mass is 16.5. The molecule has 5 nitrogen and oxygen atoms in total. The summed E-state index contributed by atoms with van der Waals surface area (Å²) in [5, 5.41) is 6.69. The monoisotopic (exact) mass is 295 g/mol. The summed E-state index contributed by atoms with van der Waals surface area (Å²) in [6, 6.07) is 9.67. The van der Waals surface area contributed by atoms with Crippen molar-refractivity contribution in [3.05, 3.63) is 42.1 Å². The zero-order chi connectivity index (χ0) is 15.1. The van der Waals surface area contributed by atoms with Gasteiger partial charge >= 0.3 is 5.97 Å². The molecule has 22 heavy (non-hydrogen) atoms. The predicted molar refractivity (Wildman–Crippen MR) is 84.9 cm³/mol. The molecule has 1 aromatic heterocycles. The van der Waals surface area contributed by atoms with Crippen LogP contribution in [0.25, 0.3) is 11.1 Å². The number of esters is 1. The van der Waals surface area contributed by atoms with Gasteiger partial charge in [-0.05, 0) is 24.6 Å². The molecule has 2 atom stereocenters. The van der Waals surface area contributed by atoms with Crippen molar-refractivity contribution >= 4 is 17.5 Å². The Balaban J connectivity index is 1.91. The summed E-state index contributed by atoms with van der Waals surface area (Å²) in [7, 11) is 0. The van der Waals surface area contributed by atoms with Crippen molar-refractivity contribution in [1.29, 1.82) is 0 Å². The lowest BCUT2D eigenvalue weighted by atomic mass is 9.90. The molecule has 2 unspecified atom stereocenters. The van der Waals surface area contributed by atoms with E-state index in [1.165, 1.54) is 0 Å². The average Bonchev–Trinajstić information content (AvgIpc) is 2.90. The second-order valence-corrected chi connectivity index (χ2v) is 5.53. The van der Waals surface area contributed by atoms with Gasteiger partial charge in [-0.3, -0.25) is 0 Å². The third-order valence-corrected chi connectivity index (χ3v) is 4.32. The molecule has 112 valence electrons. The van der Waals surface area contributed by atoms with Crippen LogP contribution in [0.4, 0.5) is 11.5 Å². The molecule has 4 rings (SSSR count). The van der Waals surface area contributed by atoms with Crippen LogP contribution >= 0.6 is 0 Å². The maximum absolute atomic E-state index is 12.4. The normalized spacial score (nSPS) is 21.0. The molecule has 2 aliphatic heterocycles. The first-order valence-corrected chi connectivity index (χ1v) is 7.55.